The average molecular weight is 691 g/mol. The van der Waals surface area contributed by atoms with Crippen LogP contribution in [-0.4, -0.2) is 40.4 Å². The topological polar surface area (TPSA) is 185 Å². The van der Waals surface area contributed by atoms with E-state index in [1.807, 2.05) is 13.8 Å². The van der Waals surface area contributed by atoms with E-state index in [1.54, 1.807) is 0 Å². The number of unbranched alkanes of at least 4 members (excludes halogenated alkanes) is 1. The van der Waals surface area contributed by atoms with Crippen molar-refractivity contribution in [2.45, 2.75) is 151 Å². The number of nitrogens with zero attached hydrogens (tertiary/aromatic N) is 4. The van der Waals surface area contributed by atoms with Gasteiger partial charge in [-0.2, -0.15) is 0 Å². The second kappa shape index (κ2) is 23.9. The Morgan fingerprint density at radius 3 is 1.12 bits per heavy atom. The molecule has 4 aromatic rings. The van der Waals surface area contributed by atoms with Gasteiger partial charge >= 0.3 is 0 Å². The average Bonchev–Trinajstić information content (AvgIpc) is 3.96. The molecule has 12 heteroatoms. The predicted molar refractivity (Wildman–Crippen MR) is 187 cm³/mol. The van der Waals surface area contributed by atoms with Crippen molar-refractivity contribution in [2.75, 3.05) is 0 Å². The first-order valence-corrected chi connectivity index (χ1v) is 17.6. The highest BCUT2D eigenvalue weighted by Crippen LogP contribution is 2.26. The standard InChI is InChI=1S/3C10H17NO2.C7H11NO2/c2*1-4-7(2)8(3)10-11-9(5-12)6-13-10;1-3-4-5-8(2)10-11-9(6-12)7-13-10;1-5(2)7-8-6(3-9)4-10-7/h2*6-8,12H,4-5H2,1-3H3;7-8,12H,3-6H2,1-2H3;4-5,9H,3H2,1-2H3/t7?,8-;7-,8?;8-;/m011./s1. The van der Waals surface area contributed by atoms with E-state index < -0.39 is 0 Å². The summed E-state index contributed by atoms with van der Waals surface area (Å²) in [6, 6.07) is 0. The minimum atomic E-state index is -0.0454. The van der Waals surface area contributed by atoms with Crippen LogP contribution in [0.4, 0.5) is 0 Å². The van der Waals surface area contributed by atoms with Crippen LogP contribution in [0, 0.1) is 11.8 Å². The van der Waals surface area contributed by atoms with Gasteiger partial charge in [-0.05, 0) is 18.3 Å². The Hall–Kier alpha value is -3.32. The summed E-state index contributed by atoms with van der Waals surface area (Å²) in [4.78, 5) is 16.5. The minimum absolute atomic E-state index is 0.0377. The maximum atomic E-state index is 8.81. The first kappa shape index (κ1) is 43.7. The molecule has 49 heavy (non-hydrogen) atoms. The fourth-order valence-corrected chi connectivity index (χ4v) is 4.32. The van der Waals surface area contributed by atoms with Gasteiger partial charge in [0.1, 0.15) is 47.8 Å². The van der Waals surface area contributed by atoms with Gasteiger partial charge in [-0.3, -0.25) is 0 Å². The van der Waals surface area contributed by atoms with Gasteiger partial charge < -0.3 is 38.1 Å². The molecule has 0 saturated heterocycles. The lowest BCUT2D eigenvalue weighted by Crippen LogP contribution is -2.05. The fourth-order valence-electron chi connectivity index (χ4n) is 4.32. The van der Waals surface area contributed by atoms with E-state index in [1.165, 1.54) is 37.9 Å². The van der Waals surface area contributed by atoms with Gasteiger partial charge in [0.15, 0.2) is 23.6 Å². The van der Waals surface area contributed by atoms with E-state index in [4.69, 9.17) is 38.1 Å². The summed E-state index contributed by atoms with van der Waals surface area (Å²) in [6.45, 7) is 20.9. The lowest BCUT2D eigenvalue weighted by atomic mass is 9.94. The van der Waals surface area contributed by atoms with Gasteiger partial charge in [-0.1, -0.05) is 94.9 Å². The van der Waals surface area contributed by atoms with E-state index in [2.05, 4.69) is 75.3 Å². The van der Waals surface area contributed by atoms with E-state index in [0.29, 0.717) is 64.2 Å². The summed E-state index contributed by atoms with van der Waals surface area (Å²) in [5, 5.41) is 35.0. The molecule has 0 saturated carbocycles. The second-order valence-corrected chi connectivity index (χ2v) is 12.9. The molecule has 278 valence electrons. The highest BCUT2D eigenvalue weighted by molar-refractivity contribution is 5.01. The van der Waals surface area contributed by atoms with Crippen LogP contribution in [0.5, 0.6) is 0 Å². The molecule has 4 heterocycles. The number of aromatic nitrogens is 4. The first-order valence-electron chi connectivity index (χ1n) is 17.6. The molecular formula is C37H62N4O8. The molecular weight excluding hydrogens is 628 g/mol. The maximum absolute atomic E-state index is 8.81. The SMILES string of the molecule is CC(C)c1nc(CO)co1.CCC(C)[C@H](C)c1nc(CO)co1.CCCC[C@@H](C)c1nc(CO)co1.CC[C@@H](C)C(C)c1nc(CO)co1. The summed E-state index contributed by atoms with van der Waals surface area (Å²) in [7, 11) is 0. The smallest absolute Gasteiger partial charge is 0.197 e. The normalized spacial score (nSPS) is 14.0. The van der Waals surface area contributed by atoms with Crippen LogP contribution in [-0.2, 0) is 26.4 Å². The number of oxazole rings is 4. The van der Waals surface area contributed by atoms with Crippen LogP contribution in [0.2, 0.25) is 0 Å². The summed E-state index contributed by atoms with van der Waals surface area (Å²) >= 11 is 0. The second-order valence-electron chi connectivity index (χ2n) is 12.9. The molecule has 0 bridgehead atoms. The van der Waals surface area contributed by atoms with Crippen LogP contribution in [0.3, 0.4) is 0 Å². The lowest BCUT2D eigenvalue weighted by molar-refractivity contribution is 0.276. The predicted octanol–water partition coefficient (Wildman–Crippen LogP) is 8.38. The van der Waals surface area contributed by atoms with Gasteiger partial charge in [0.05, 0.1) is 26.4 Å². The van der Waals surface area contributed by atoms with Gasteiger partial charge in [0.25, 0.3) is 0 Å². The quantitative estimate of drug-likeness (QED) is 0.0935. The Balaban J connectivity index is 0.000000328. The Bertz CT molecular complexity index is 1320. The van der Waals surface area contributed by atoms with Crippen molar-refractivity contribution >= 4 is 0 Å². The molecule has 2 unspecified atom stereocenters. The Labute approximate surface area is 292 Å². The Kier molecular flexibility index (Phi) is 21.3. The summed E-state index contributed by atoms with van der Waals surface area (Å²) < 4.78 is 20.8. The third-order valence-corrected chi connectivity index (χ3v) is 8.61. The minimum Gasteiger partial charge on any atom is -0.448 e. The highest BCUT2D eigenvalue weighted by Gasteiger charge is 2.19. The molecule has 4 rings (SSSR count). The molecule has 4 N–H and O–H groups in total. The molecule has 0 aliphatic heterocycles. The zero-order valence-corrected chi connectivity index (χ0v) is 31.3. The van der Waals surface area contributed by atoms with Crippen LogP contribution in [0.15, 0.2) is 42.7 Å². The molecule has 4 aromatic heterocycles. The summed E-state index contributed by atoms with van der Waals surface area (Å²) in [6.07, 6.45) is 11.8. The largest absolute Gasteiger partial charge is 0.448 e. The molecule has 12 nitrogen and oxygen atoms in total. The fraction of sp³-hybridized carbons (Fsp3) is 0.676. The Morgan fingerprint density at radius 2 is 0.837 bits per heavy atom. The molecule has 0 spiro atoms. The van der Waals surface area contributed by atoms with Gasteiger partial charge in [-0.15, -0.1) is 0 Å². The van der Waals surface area contributed by atoms with Crippen molar-refractivity contribution in [3.8, 4) is 0 Å². The molecule has 0 aliphatic carbocycles. The van der Waals surface area contributed by atoms with Gasteiger partial charge in [-0.25, -0.2) is 19.9 Å². The monoisotopic (exact) mass is 690 g/mol. The molecule has 0 aromatic carbocycles. The third kappa shape index (κ3) is 15.4. The van der Waals surface area contributed by atoms with Crippen LogP contribution < -0.4 is 0 Å². The number of aliphatic hydroxyl groups excluding tert-OH is 4. The highest BCUT2D eigenvalue weighted by atomic mass is 16.4. The van der Waals surface area contributed by atoms with Crippen molar-refractivity contribution in [1.29, 1.82) is 0 Å². The molecule has 5 atom stereocenters. The van der Waals surface area contributed by atoms with Crippen molar-refractivity contribution in [1.82, 2.24) is 19.9 Å². The van der Waals surface area contributed by atoms with Crippen molar-refractivity contribution in [3.63, 3.8) is 0 Å². The number of hydrogen-bond donors (Lipinski definition) is 4. The van der Waals surface area contributed by atoms with Gasteiger partial charge in [0, 0.05) is 23.7 Å². The lowest BCUT2D eigenvalue weighted by Gasteiger charge is -2.13. The third-order valence-electron chi connectivity index (χ3n) is 8.61. The Morgan fingerprint density at radius 1 is 0.510 bits per heavy atom. The van der Waals surface area contributed by atoms with Gasteiger partial charge in [0.2, 0.25) is 0 Å². The molecule has 0 radical (unpaired) electrons. The van der Waals surface area contributed by atoms with Crippen LogP contribution in [0.1, 0.15) is 171 Å². The number of rotatable bonds is 15. The van der Waals surface area contributed by atoms with E-state index in [0.717, 1.165) is 36.9 Å². The molecule has 0 amide bonds. The van der Waals surface area contributed by atoms with Crippen LogP contribution in [0.25, 0.3) is 0 Å². The number of aliphatic hydroxyl groups is 4. The maximum Gasteiger partial charge on any atom is 0.197 e. The zero-order valence-electron chi connectivity index (χ0n) is 31.3. The number of hydrogen-bond acceptors (Lipinski definition) is 12. The van der Waals surface area contributed by atoms with E-state index in [9.17, 15) is 0 Å². The van der Waals surface area contributed by atoms with Crippen molar-refractivity contribution < 1.29 is 38.1 Å². The molecule has 0 aliphatic rings. The summed E-state index contributed by atoms with van der Waals surface area (Å²) in [5.41, 5.74) is 2.46. The first-order chi connectivity index (χ1) is 23.4. The van der Waals surface area contributed by atoms with Crippen LogP contribution >= 0.6 is 0 Å². The van der Waals surface area contributed by atoms with E-state index in [-0.39, 0.29) is 26.4 Å². The zero-order chi connectivity index (χ0) is 36.9. The van der Waals surface area contributed by atoms with Crippen molar-refractivity contribution in [2.24, 2.45) is 11.8 Å². The molecule has 0 fully saturated rings. The van der Waals surface area contributed by atoms with Crippen molar-refractivity contribution in [3.05, 3.63) is 71.4 Å². The summed E-state index contributed by atoms with van der Waals surface area (Å²) in [5.74, 6) is 5.32. The van der Waals surface area contributed by atoms with E-state index >= 15 is 0 Å².